The third kappa shape index (κ3) is 3.45. The number of hydrogen-bond donors (Lipinski definition) is 0. The van der Waals surface area contributed by atoms with E-state index in [1.807, 2.05) is 18.7 Å². The summed E-state index contributed by atoms with van der Waals surface area (Å²) in [5.74, 6) is 0.660. The lowest BCUT2D eigenvalue weighted by Crippen LogP contribution is -2.02. The molecular formula is C11H18N2. The van der Waals surface area contributed by atoms with Gasteiger partial charge in [0, 0.05) is 18.9 Å². The van der Waals surface area contributed by atoms with E-state index in [9.17, 15) is 0 Å². The molecule has 2 heteroatoms. The van der Waals surface area contributed by atoms with Crippen molar-refractivity contribution in [2.45, 2.75) is 32.7 Å². The van der Waals surface area contributed by atoms with Crippen LogP contribution in [0.5, 0.6) is 0 Å². The minimum Gasteiger partial charge on any atom is -0.337 e. The number of allylic oxidation sites excluding steroid dienone is 1. The van der Waals surface area contributed by atoms with E-state index >= 15 is 0 Å². The fraction of sp³-hybridized carbons (Fsp3) is 0.545. The topological polar surface area (TPSA) is 17.8 Å². The Labute approximate surface area is 80.3 Å². The molecule has 0 aromatic carbocycles. The summed E-state index contributed by atoms with van der Waals surface area (Å²) < 4.78 is 2.12. The second-order valence-corrected chi connectivity index (χ2v) is 3.37. The van der Waals surface area contributed by atoms with Crippen LogP contribution in [-0.2, 0) is 6.54 Å². The Kier molecular flexibility index (Phi) is 4.30. The zero-order valence-electron chi connectivity index (χ0n) is 8.32. The molecule has 0 amide bonds. The summed E-state index contributed by atoms with van der Waals surface area (Å²) >= 11 is 0. The molecule has 72 valence electrons. The Bertz CT molecular complexity index is 226. The van der Waals surface area contributed by atoms with Crippen LogP contribution in [0.15, 0.2) is 31.4 Å². The molecule has 0 saturated heterocycles. The number of rotatable bonds is 6. The SMILES string of the molecule is C=CC(CCC)CCn1ccnc1. The molecule has 0 radical (unpaired) electrons. The third-order valence-corrected chi connectivity index (χ3v) is 2.31. The number of hydrogen-bond acceptors (Lipinski definition) is 1. The van der Waals surface area contributed by atoms with Crippen LogP contribution >= 0.6 is 0 Å². The van der Waals surface area contributed by atoms with E-state index in [1.54, 1.807) is 0 Å². The monoisotopic (exact) mass is 178 g/mol. The number of nitrogens with zero attached hydrogens (tertiary/aromatic N) is 2. The van der Waals surface area contributed by atoms with Crippen LogP contribution in [0, 0.1) is 5.92 Å². The maximum atomic E-state index is 4.01. The Morgan fingerprint density at radius 1 is 1.54 bits per heavy atom. The molecule has 0 N–H and O–H groups in total. The molecule has 0 aliphatic carbocycles. The Hall–Kier alpha value is -1.05. The van der Waals surface area contributed by atoms with Crippen LogP contribution in [-0.4, -0.2) is 9.55 Å². The van der Waals surface area contributed by atoms with Crippen LogP contribution in [0.25, 0.3) is 0 Å². The van der Waals surface area contributed by atoms with Gasteiger partial charge in [0.15, 0.2) is 0 Å². The molecule has 2 nitrogen and oxygen atoms in total. The Balaban J connectivity index is 2.27. The van der Waals surface area contributed by atoms with Gasteiger partial charge in [0.1, 0.15) is 0 Å². The van der Waals surface area contributed by atoms with Crippen LogP contribution < -0.4 is 0 Å². The predicted octanol–water partition coefficient (Wildman–Crippen LogP) is 2.88. The molecule has 0 aliphatic rings. The zero-order chi connectivity index (χ0) is 9.52. The van der Waals surface area contributed by atoms with Crippen molar-refractivity contribution in [2.75, 3.05) is 0 Å². The quantitative estimate of drug-likeness (QED) is 0.612. The largest absolute Gasteiger partial charge is 0.337 e. The smallest absolute Gasteiger partial charge is 0.0945 e. The van der Waals surface area contributed by atoms with E-state index in [0.717, 1.165) is 6.54 Å². The number of aromatic nitrogens is 2. The van der Waals surface area contributed by atoms with Gasteiger partial charge in [-0.1, -0.05) is 19.4 Å². The van der Waals surface area contributed by atoms with E-state index < -0.39 is 0 Å². The molecule has 13 heavy (non-hydrogen) atoms. The van der Waals surface area contributed by atoms with Gasteiger partial charge in [-0.25, -0.2) is 4.98 Å². The van der Waals surface area contributed by atoms with Gasteiger partial charge in [0.2, 0.25) is 0 Å². The first-order chi connectivity index (χ1) is 6.36. The second kappa shape index (κ2) is 5.57. The van der Waals surface area contributed by atoms with E-state index in [0.29, 0.717) is 5.92 Å². The van der Waals surface area contributed by atoms with Gasteiger partial charge in [-0.15, -0.1) is 6.58 Å². The highest BCUT2D eigenvalue weighted by molar-refractivity contribution is 4.80. The Morgan fingerprint density at radius 2 is 2.38 bits per heavy atom. The Morgan fingerprint density at radius 3 is 2.92 bits per heavy atom. The van der Waals surface area contributed by atoms with E-state index in [2.05, 4.69) is 29.1 Å². The molecule has 1 heterocycles. The summed E-state index contributed by atoms with van der Waals surface area (Å²) in [4.78, 5) is 4.01. The van der Waals surface area contributed by atoms with E-state index in [4.69, 9.17) is 0 Å². The number of aryl methyl sites for hydroxylation is 1. The van der Waals surface area contributed by atoms with Crippen molar-refractivity contribution in [1.82, 2.24) is 9.55 Å². The van der Waals surface area contributed by atoms with Gasteiger partial charge in [-0.3, -0.25) is 0 Å². The summed E-state index contributed by atoms with van der Waals surface area (Å²) in [5, 5.41) is 0. The summed E-state index contributed by atoms with van der Waals surface area (Å²) in [6.45, 7) is 7.12. The molecule has 1 atom stereocenters. The zero-order valence-corrected chi connectivity index (χ0v) is 8.32. The van der Waals surface area contributed by atoms with Crippen molar-refractivity contribution in [3.8, 4) is 0 Å². The normalized spacial score (nSPS) is 12.7. The van der Waals surface area contributed by atoms with Crippen molar-refractivity contribution in [1.29, 1.82) is 0 Å². The average molecular weight is 178 g/mol. The van der Waals surface area contributed by atoms with Gasteiger partial charge in [0.25, 0.3) is 0 Å². The van der Waals surface area contributed by atoms with Crippen molar-refractivity contribution in [3.05, 3.63) is 31.4 Å². The maximum absolute atomic E-state index is 4.01. The third-order valence-electron chi connectivity index (χ3n) is 2.31. The first-order valence-electron chi connectivity index (χ1n) is 4.95. The minimum atomic E-state index is 0.660. The van der Waals surface area contributed by atoms with Crippen molar-refractivity contribution >= 4 is 0 Å². The fourth-order valence-corrected chi connectivity index (χ4v) is 1.48. The van der Waals surface area contributed by atoms with Crippen LogP contribution in [0.2, 0.25) is 0 Å². The molecule has 0 saturated carbocycles. The molecule has 0 aliphatic heterocycles. The van der Waals surface area contributed by atoms with Crippen LogP contribution in [0.3, 0.4) is 0 Å². The standard InChI is InChI=1S/C11H18N2/c1-3-5-11(4-2)6-8-13-9-7-12-10-13/h4,7,9-11H,2-3,5-6,8H2,1H3. The molecule has 0 bridgehead atoms. The van der Waals surface area contributed by atoms with Crippen molar-refractivity contribution < 1.29 is 0 Å². The molecule has 1 aromatic heterocycles. The highest BCUT2D eigenvalue weighted by atomic mass is 15.0. The minimum absolute atomic E-state index is 0.660. The lowest BCUT2D eigenvalue weighted by Gasteiger charge is -2.10. The molecule has 0 fully saturated rings. The first kappa shape index (κ1) is 10.0. The molecule has 0 spiro atoms. The van der Waals surface area contributed by atoms with Gasteiger partial charge in [-0.2, -0.15) is 0 Å². The molecule has 1 unspecified atom stereocenters. The van der Waals surface area contributed by atoms with E-state index in [-0.39, 0.29) is 0 Å². The summed E-state index contributed by atoms with van der Waals surface area (Å²) in [5.41, 5.74) is 0. The van der Waals surface area contributed by atoms with Crippen molar-refractivity contribution in [3.63, 3.8) is 0 Å². The predicted molar refractivity (Wildman–Crippen MR) is 55.4 cm³/mol. The highest BCUT2D eigenvalue weighted by Crippen LogP contribution is 2.12. The van der Waals surface area contributed by atoms with Crippen LogP contribution in [0.4, 0.5) is 0 Å². The maximum Gasteiger partial charge on any atom is 0.0945 e. The average Bonchev–Trinajstić information content (AvgIpc) is 2.64. The summed E-state index contributed by atoms with van der Waals surface area (Å²) in [7, 11) is 0. The lowest BCUT2D eigenvalue weighted by molar-refractivity contribution is 0.488. The first-order valence-corrected chi connectivity index (χ1v) is 4.95. The molecule has 1 rings (SSSR count). The summed E-state index contributed by atoms with van der Waals surface area (Å²) in [6.07, 6.45) is 11.4. The molecule has 1 aromatic rings. The summed E-state index contributed by atoms with van der Waals surface area (Å²) in [6, 6.07) is 0. The number of imidazole rings is 1. The van der Waals surface area contributed by atoms with Gasteiger partial charge in [-0.05, 0) is 18.8 Å². The molecular weight excluding hydrogens is 160 g/mol. The lowest BCUT2D eigenvalue weighted by atomic mass is 10.0. The van der Waals surface area contributed by atoms with Crippen molar-refractivity contribution in [2.24, 2.45) is 5.92 Å². The van der Waals surface area contributed by atoms with E-state index in [1.165, 1.54) is 19.3 Å². The fourth-order valence-electron chi connectivity index (χ4n) is 1.48. The van der Waals surface area contributed by atoms with Crippen LogP contribution in [0.1, 0.15) is 26.2 Å². The van der Waals surface area contributed by atoms with Gasteiger partial charge in [0.05, 0.1) is 6.33 Å². The second-order valence-electron chi connectivity index (χ2n) is 3.37. The van der Waals surface area contributed by atoms with Gasteiger partial charge < -0.3 is 4.57 Å². The highest BCUT2D eigenvalue weighted by Gasteiger charge is 2.02. The van der Waals surface area contributed by atoms with Gasteiger partial charge >= 0.3 is 0 Å².